The standard InChI is InChI=1S/C28H41FO3/c1-3-5-19-6-8-20(9-7-19)21-10-12-22(13-11-21)27-17-16-25(28(30)32-27)24-15-14-23(31-4-2)18-26(24)29/h14-15,18-22,25,27H,3-13,16-17H2,1-2H3. The SMILES string of the molecule is CCCC1CCC(C2CCC(C3CCC(c4ccc(OCC)cc4F)C(=O)O3)CC2)CC1. The Morgan fingerprint density at radius 1 is 0.906 bits per heavy atom. The van der Waals surface area contributed by atoms with Crippen molar-refractivity contribution in [2.45, 2.75) is 103 Å². The van der Waals surface area contributed by atoms with Gasteiger partial charge in [-0.2, -0.15) is 0 Å². The van der Waals surface area contributed by atoms with Gasteiger partial charge < -0.3 is 9.47 Å². The van der Waals surface area contributed by atoms with Crippen LogP contribution in [0, 0.1) is 29.5 Å². The third kappa shape index (κ3) is 5.48. The molecule has 3 aliphatic rings. The van der Waals surface area contributed by atoms with Gasteiger partial charge in [0, 0.05) is 11.6 Å². The Morgan fingerprint density at radius 2 is 1.56 bits per heavy atom. The fourth-order valence-corrected chi connectivity index (χ4v) is 6.75. The molecule has 2 aliphatic carbocycles. The summed E-state index contributed by atoms with van der Waals surface area (Å²) in [7, 11) is 0. The third-order valence-corrected chi connectivity index (χ3v) is 8.55. The summed E-state index contributed by atoms with van der Waals surface area (Å²) in [6.45, 7) is 4.67. The number of rotatable bonds is 7. The Hall–Kier alpha value is -1.58. The molecule has 178 valence electrons. The lowest BCUT2D eigenvalue weighted by atomic mass is 9.67. The fourth-order valence-electron chi connectivity index (χ4n) is 6.75. The van der Waals surface area contributed by atoms with Crippen molar-refractivity contribution >= 4 is 5.97 Å². The van der Waals surface area contributed by atoms with Crippen molar-refractivity contribution in [1.82, 2.24) is 0 Å². The first kappa shape index (κ1) is 23.6. The first-order valence-electron chi connectivity index (χ1n) is 13.2. The zero-order chi connectivity index (χ0) is 22.5. The van der Waals surface area contributed by atoms with Crippen molar-refractivity contribution < 1.29 is 18.7 Å². The monoisotopic (exact) mass is 444 g/mol. The summed E-state index contributed by atoms with van der Waals surface area (Å²) < 4.78 is 25.9. The van der Waals surface area contributed by atoms with Crippen molar-refractivity contribution in [2.24, 2.45) is 23.7 Å². The number of hydrogen-bond acceptors (Lipinski definition) is 3. The predicted molar refractivity (Wildman–Crippen MR) is 125 cm³/mol. The zero-order valence-electron chi connectivity index (χ0n) is 20.0. The van der Waals surface area contributed by atoms with Crippen LogP contribution in [-0.2, 0) is 9.53 Å². The van der Waals surface area contributed by atoms with Crippen molar-refractivity contribution in [1.29, 1.82) is 0 Å². The molecule has 2 atom stereocenters. The molecule has 1 aliphatic heterocycles. The molecule has 0 radical (unpaired) electrons. The van der Waals surface area contributed by atoms with Crippen LogP contribution in [0.3, 0.4) is 0 Å². The molecule has 1 saturated heterocycles. The van der Waals surface area contributed by atoms with Gasteiger partial charge >= 0.3 is 5.97 Å². The van der Waals surface area contributed by atoms with Gasteiger partial charge in [-0.25, -0.2) is 4.39 Å². The molecule has 0 spiro atoms. The van der Waals surface area contributed by atoms with Crippen LogP contribution in [0.2, 0.25) is 0 Å². The zero-order valence-corrected chi connectivity index (χ0v) is 20.0. The molecule has 1 aromatic carbocycles. The highest BCUT2D eigenvalue weighted by molar-refractivity contribution is 5.79. The second-order valence-electron chi connectivity index (χ2n) is 10.5. The van der Waals surface area contributed by atoms with Gasteiger partial charge in [-0.1, -0.05) is 38.7 Å². The Labute approximate surface area is 193 Å². The molecule has 0 amide bonds. The van der Waals surface area contributed by atoms with E-state index < -0.39 is 5.92 Å². The molecule has 0 N–H and O–H groups in total. The van der Waals surface area contributed by atoms with E-state index in [1.165, 1.54) is 70.3 Å². The highest BCUT2D eigenvalue weighted by Gasteiger charge is 2.39. The van der Waals surface area contributed by atoms with Crippen LogP contribution in [0.5, 0.6) is 5.75 Å². The van der Waals surface area contributed by atoms with Gasteiger partial charge in [0.25, 0.3) is 0 Å². The molecule has 1 aromatic rings. The second kappa shape index (κ2) is 11.0. The van der Waals surface area contributed by atoms with Crippen molar-refractivity contribution in [3.05, 3.63) is 29.6 Å². The van der Waals surface area contributed by atoms with Gasteiger partial charge in [-0.05, 0) is 88.0 Å². The van der Waals surface area contributed by atoms with Gasteiger partial charge in [0.1, 0.15) is 17.7 Å². The smallest absolute Gasteiger partial charge is 0.313 e. The summed E-state index contributed by atoms with van der Waals surface area (Å²) >= 11 is 0. The summed E-state index contributed by atoms with van der Waals surface area (Å²) in [4.78, 5) is 12.8. The Balaban J connectivity index is 1.26. The summed E-state index contributed by atoms with van der Waals surface area (Å²) in [5.74, 6) is 2.65. The quantitative estimate of drug-likeness (QED) is 0.410. The normalized spacial score (nSPS) is 33.5. The first-order chi connectivity index (χ1) is 15.6. The minimum absolute atomic E-state index is 0.0192. The number of hydrogen-bond donors (Lipinski definition) is 0. The lowest BCUT2D eigenvalue weighted by molar-refractivity contribution is -0.161. The number of halogens is 1. The maximum Gasteiger partial charge on any atom is 0.313 e. The van der Waals surface area contributed by atoms with E-state index in [2.05, 4.69) is 6.92 Å². The van der Waals surface area contributed by atoms with Crippen LogP contribution in [0.4, 0.5) is 4.39 Å². The van der Waals surface area contributed by atoms with E-state index in [-0.39, 0.29) is 17.9 Å². The minimum atomic E-state index is -0.489. The molecule has 0 bridgehead atoms. The molecule has 3 fully saturated rings. The summed E-state index contributed by atoms with van der Waals surface area (Å²) in [5, 5.41) is 0. The van der Waals surface area contributed by atoms with E-state index in [1.807, 2.05) is 6.92 Å². The van der Waals surface area contributed by atoms with Crippen LogP contribution < -0.4 is 4.74 Å². The van der Waals surface area contributed by atoms with Crippen molar-refractivity contribution in [2.75, 3.05) is 6.61 Å². The minimum Gasteiger partial charge on any atom is -0.494 e. The van der Waals surface area contributed by atoms with E-state index in [0.717, 1.165) is 24.2 Å². The fraction of sp³-hybridized carbons (Fsp3) is 0.750. The largest absolute Gasteiger partial charge is 0.494 e. The number of benzene rings is 1. The lowest BCUT2D eigenvalue weighted by Gasteiger charge is -2.41. The highest BCUT2D eigenvalue weighted by atomic mass is 19.1. The molecule has 2 saturated carbocycles. The highest BCUT2D eigenvalue weighted by Crippen LogP contribution is 2.45. The molecule has 1 heterocycles. The molecular formula is C28H41FO3. The van der Waals surface area contributed by atoms with Crippen LogP contribution >= 0.6 is 0 Å². The number of carbonyl (C=O) groups excluding carboxylic acids is 1. The van der Waals surface area contributed by atoms with E-state index >= 15 is 0 Å². The molecule has 32 heavy (non-hydrogen) atoms. The van der Waals surface area contributed by atoms with Crippen LogP contribution in [0.1, 0.15) is 102 Å². The maximum absolute atomic E-state index is 14.6. The van der Waals surface area contributed by atoms with Gasteiger partial charge in [0.15, 0.2) is 0 Å². The maximum atomic E-state index is 14.6. The van der Waals surface area contributed by atoms with E-state index in [4.69, 9.17) is 9.47 Å². The van der Waals surface area contributed by atoms with E-state index in [0.29, 0.717) is 30.3 Å². The van der Waals surface area contributed by atoms with E-state index in [1.54, 1.807) is 12.1 Å². The molecule has 3 nitrogen and oxygen atoms in total. The van der Waals surface area contributed by atoms with Crippen LogP contribution in [0.25, 0.3) is 0 Å². The average molecular weight is 445 g/mol. The second-order valence-corrected chi connectivity index (χ2v) is 10.5. The summed E-state index contributed by atoms with van der Waals surface area (Å²) in [6.07, 6.45) is 14.9. The number of ether oxygens (including phenoxy) is 2. The Morgan fingerprint density at radius 3 is 2.16 bits per heavy atom. The van der Waals surface area contributed by atoms with Crippen LogP contribution in [0.15, 0.2) is 18.2 Å². The average Bonchev–Trinajstić information content (AvgIpc) is 2.81. The number of cyclic esters (lactones) is 1. The number of esters is 1. The number of carbonyl (C=O) groups is 1. The van der Waals surface area contributed by atoms with Crippen molar-refractivity contribution in [3.63, 3.8) is 0 Å². The topological polar surface area (TPSA) is 35.5 Å². The van der Waals surface area contributed by atoms with Gasteiger partial charge in [-0.3, -0.25) is 4.79 Å². The molecular weight excluding hydrogens is 403 g/mol. The molecule has 4 rings (SSSR count). The Kier molecular flexibility index (Phi) is 8.12. The molecule has 0 aromatic heterocycles. The molecule has 4 heteroatoms. The third-order valence-electron chi connectivity index (χ3n) is 8.55. The van der Waals surface area contributed by atoms with E-state index in [9.17, 15) is 9.18 Å². The Bertz CT molecular complexity index is 747. The van der Waals surface area contributed by atoms with Crippen LogP contribution in [-0.4, -0.2) is 18.7 Å². The van der Waals surface area contributed by atoms with Gasteiger partial charge in [0.2, 0.25) is 0 Å². The molecule has 2 unspecified atom stereocenters. The predicted octanol–water partition coefficient (Wildman–Crippen LogP) is 7.43. The summed E-state index contributed by atoms with van der Waals surface area (Å²) in [5.41, 5.74) is 0.444. The van der Waals surface area contributed by atoms with Crippen molar-refractivity contribution in [3.8, 4) is 5.75 Å². The lowest BCUT2D eigenvalue weighted by Crippen LogP contribution is -2.37. The van der Waals surface area contributed by atoms with Gasteiger partial charge in [0.05, 0.1) is 12.5 Å². The van der Waals surface area contributed by atoms with Gasteiger partial charge in [-0.15, -0.1) is 0 Å². The first-order valence-corrected chi connectivity index (χ1v) is 13.2. The summed E-state index contributed by atoms with van der Waals surface area (Å²) in [6, 6.07) is 4.82.